The molecule has 5 nitrogen and oxygen atoms in total. The number of benzene rings is 1. The van der Waals surface area contributed by atoms with Crippen LogP contribution in [0.3, 0.4) is 0 Å². The van der Waals surface area contributed by atoms with Gasteiger partial charge in [-0.1, -0.05) is 29.8 Å². The molecule has 1 rings (SSSR count). The average Bonchev–Trinajstić information content (AvgIpc) is 2.25. The number of aliphatic carboxylic acids is 1. The second-order valence-corrected chi connectivity index (χ2v) is 6.43. The monoisotopic (exact) mass is 293 g/mol. The number of carbonyl (C=O) groups excluding carboxylic acids is 1. The van der Waals surface area contributed by atoms with Crippen LogP contribution < -0.4 is 5.32 Å². The van der Waals surface area contributed by atoms with Crippen molar-refractivity contribution >= 4 is 12.1 Å². The molecular formula is C16H23NO4. The van der Waals surface area contributed by atoms with Gasteiger partial charge in [-0.2, -0.15) is 0 Å². The normalized spacial score (nSPS) is 14.1. The van der Waals surface area contributed by atoms with Crippen LogP contribution >= 0.6 is 0 Å². The zero-order valence-electron chi connectivity index (χ0n) is 13.2. The fourth-order valence-electron chi connectivity index (χ4n) is 1.93. The Morgan fingerprint density at radius 2 is 1.86 bits per heavy atom. The summed E-state index contributed by atoms with van der Waals surface area (Å²) in [5, 5.41) is 11.9. The van der Waals surface area contributed by atoms with Crippen LogP contribution in [0.15, 0.2) is 24.3 Å². The molecule has 1 atom stereocenters. The lowest BCUT2D eigenvalue weighted by Crippen LogP contribution is -2.54. The third-order valence-electron chi connectivity index (χ3n) is 2.89. The summed E-state index contributed by atoms with van der Waals surface area (Å²) < 4.78 is 5.13. The number of carboxylic acids is 1. The van der Waals surface area contributed by atoms with Gasteiger partial charge in [0, 0.05) is 6.42 Å². The lowest BCUT2D eigenvalue weighted by Gasteiger charge is -2.28. The highest BCUT2D eigenvalue weighted by Gasteiger charge is 2.36. The number of alkyl carbamates (subject to hydrolysis) is 1. The fourth-order valence-corrected chi connectivity index (χ4v) is 1.93. The summed E-state index contributed by atoms with van der Waals surface area (Å²) >= 11 is 0. The molecule has 0 heterocycles. The van der Waals surface area contributed by atoms with E-state index in [0.717, 1.165) is 11.1 Å². The molecule has 0 saturated carbocycles. The second-order valence-electron chi connectivity index (χ2n) is 6.43. The number of nitrogens with one attached hydrogen (secondary N) is 1. The average molecular weight is 293 g/mol. The molecule has 1 amide bonds. The minimum absolute atomic E-state index is 0.184. The van der Waals surface area contributed by atoms with E-state index in [1.807, 2.05) is 31.2 Å². The van der Waals surface area contributed by atoms with E-state index >= 15 is 0 Å². The van der Waals surface area contributed by atoms with Crippen molar-refractivity contribution in [1.29, 1.82) is 0 Å². The molecule has 5 heteroatoms. The first-order valence-electron chi connectivity index (χ1n) is 6.82. The van der Waals surface area contributed by atoms with E-state index in [-0.39, 0.29) is 6.42 Å². The molecule has 0 aliphatic carbocycles. The summed E-state index contributed by atoms with van der Waals surface area (Å²) in [5.41, 5.74) is -0.211. The van der Waals surface area contributed by atoms with Crippen LogP contribution in [0.4, 0.5) is 4.79 Å². The smallest absolute Gasteiger partial charge is 0.408 e. The molecule has 0 bridgehead atoms. The minimum atomic E-state index is -1.42. The largest absolute Gasteiger partial charge is 0.480 e. The van der Waals surface area contributed by atoms with Crippen molar-refractivity contribution in [2.24, 2.45) is 0 Å². The van der Waals surface area contributed by atoms with E-state index in [9.17, 15) is 14.7 Å². The highest BCUT2D eigenvalue weighted by molar-refractivity contribution is 5.84. The molecule has 0 radical (unpaired) electrons. The molecule has 1 unspecified atom stereocenters. The van der Waals surface area contributed by atoms with Crippen molar-refractivity contribution in [3.63, 3.8) is 0 Å². The summed E-state index contributed by atoms with van der Waals surface area (Å²) in [7, 11) is 0. The number of hydrogen-bond donors (Lipinski definition) is 2. The van der Waals surface area contributed by atoms with Gasteiger partial charge in [0.05, 0.1) is 0 Å². The fraction of sp³-hybridized carbons (Fsp3) is 0.500. The lowest BCUT2D eigenvalue weighted by atomic mass is 9.92. The first-order chi connectivity index (χ1) is 9.52. The zero-order chi connectivity index (χ0) is 16.3. The van der Waals surface area contributed by atoms with E-state index in [1.165, 1.54) is 6.92 Å². The Labute approximate surface area is 125 Å². The Morgan fingerprint density at radius 1 is 1.24 bits per heavy atom. The second kappa shape index (κ2) is 6.16. The van der Waals surface area contributed by atoms with Gasteiger partial charge in [0.25, 0.3) is 0 Å². The van der Waals surface area contributed by atoms with Crippen LogP contribution in [-0.2, 0) is 16.0 Å². The predicted molar refractivity (Wildman–Crippen MR) is 80.3 cm³/mol. The Morgan fingerprint density at radius 3 is 2.33 bits per heavy atom. The van der Waals surface area contributed by atoms with Gasteiger partial charge >= 0.3 is 12.1 Å². The van der Waals surface area contributed by atoms with Crippen molar-refractivity contribution in [2.45, 2.75) is 52.2 Å². The molecule has 0 aliphatic rings. The molecule has 0 aliphatic heterocycles. The van der Waals surface area contributed by atoms with Gasteiger partial charge in [-0.05, 0) is 40.2 Å². The topological polar surface area (TPSA) is 75.6 Å². The summed E-state index contributed by atoms with van der Waals surface area (Å²) in [4.78, 5) is 23.4. The third kappa shape index (κ3) is 5.45. The first kappa shape index (κ1) is 17.0. The SMILES string of the molecule is Cc1cccc(CC(C)(NC(=O)OC(C)(C)C)C(=O)O)c1. The van der Waals surface area contributed by atoms with E-state index in [0.29, 0.717) is 0 Å². The van der Waals surface area contributed by atoms with Gasteiger partial charge in [0.1, 0.15) is 11.1 Å². The molecular weight excluding hydrogens is 270 g/mol. The maximum Gasteiger partial charge on any atom is 0.408 e. The van der Waals surface area contributed by atoms with Crippen molar-refractivity contribution in [1.82, 2.24) is 5.32 Å². The van der Waals surface area contributed by atoms with Crippen molar-refractivity contribution < 1.29 is 19.4 Å². The Bertz CT molecular complexity index is 533. The molecule has 21 heavy (non-hydrogen) atoms. The number of hydrogen-bond acceptors (Lipinski definition) is 3. The number of amides is 1. The highest BCUT2D eigenvalue weighted by Crippen LogP contribution is 2.16. The standard InChI is InChI=1S/C16H23NO4/c1-11-7-6-8-12(9-11)10-16(5,13(18)19)17-14(20)21-15(2,3)4/h6-9H,10H2,1-5H3,(H,17,20)(H,18,19). The van der Waals surface area contributed by atoms with Crippen LogP contribution in [-0.4, -0.2) is 28.3 Å². The maximum absolute atomic E-state index is 11.8. The van der Waals surface area contributed by atoms with Gasteiger partial charge in [-0.3, -0.25) is 0 Å². The quantitative estimate of drug-likeness (QED) is 0.895. The van der Waals surface area contributed by atoms with E-state index in [2.05, 4.69) is 5.32 Å². The Kier molecular flexibility index (Phi) is 4.99. The van der Waals surface area contributed by atoms with Crippen molar-refractivity contribution in [3.8, 4) is 0 Å². The summed E-state index contributed by atoms with van der Waals surface area (Å²) in [6.45, 7) is 8.59. The van der Waals surface area contributed by atoms with Crippen LogP contribution in [0.25, 0.3) is 0 Å². The number of aryl methyl sites for hydroxylation is 1. The summed E-state index contributed by atoms with van der Waals surface area (Å²) in [6.07, 6.45) is -0.552. The highest BCUT2D eigenvalue weighted by atomic mass is 16.6. The predicted octanol–water partition coefficient (Wildman–Crippen LogP) is 2.91. The molecule has 0 saturated heterocycles. The Balaban J connectivity index is 2.88. The number of carboxylic acid groups (broad SMARTS) is 1. The maximum atomic E-state index is 11.8. The first-order valence-corrected chi connectivity index (χ1v) is 6.82. The van der Waals surface area contributed by atoms with Crippen LogP contribution in [0.1, 0.15) is 38.8 Å². The third-order valence-corrected chi connectivity index (χ3v) is 2.89. The molecule has 0 spiro atoms. The molecule has 1 aromatic rings. The van der Waals surface area contributed by atoms with Crippen LogP contribution in [0, 0.1) is 6.92 Å². The summed E-state index contributed by atoms with van der Waals surface area (Å²) in [5.74, 6) is -1.10. The van der Waals surface area contributed by atoms with Crippen molar-refractivity contribution in [2.75, 3.05) is 0 Å². The van der Waals surface area contributed by atoms with Crippen molar-refractivity contribution in [3.05, 3.63) is 35.4 Å². The van der Waals surface area contributed by atoms with E-state index in [1.54, 1.807) is 20.8 Å². The lowest BCUT2D eigenvalue weighted by molar-refractivity contribution is -0.144. The van der Waals surface area contributed by atoms with Crippen LogP contribution in [0.2, 0.25) is 0 Å². The number of carbonyl (C=O) groups is 2. The minimum Gasteiger partial charge on any atom is -0.480 e. The molecule has 0 fully saturated rings. The van der Waals surface area contributed by atoms with Gasteiger partial charge in [-0.25, -0.2) is 9.59 Å². The van der Waals surface area contributed by atoms with E-state index < -0.39 is 23.2 Å². The van der Waals surface area contributed by atoms with Crippen LogP contribution in [0.5, 0.6) is 0 Å². The molecule has 0 aromatic heterocycles. The molecule has 2 N–H and O–H groups in total. The van der Waals surface area contributed by atoms with Gasteiger partial charge in [-0.15, -0.1) is 0 Å². The zero-order valence-corrected chi connectivity index (χ0v) is 13.2. The van der Waals surface area contributed by atoms with Gasteiger partial charge in [0.2, 0.25) is 0 Å². The Hall–Kier alpha value is -2.04. The van der Waals surface area contributed by atoms with Gasteiger partial charge < -0.3 is 15.2 Å². The summed E-state index contributed by atoms with van der Waals surface area (Å²) in [6, 6.07) is 7.53. The van der Waals surface area contributed by atoms with E-state index in [4.69, 9.17) is 4.74 Å². The molecule has 116 valence electrons. The molecule has 1 aromatic carbocycles. The number of ether oxygens (including phenoxy) is 1. The van der Waals surface area contributed by atoms with Gasteiger partial charge in [0.15, 0.2) is 0 Å². The number of rotatable bonds is 4.